The molecule has 0 aliphatic heterocycles. The Labute approximate surface area is 126 Å². The van der Waals surface area contributed by atoms with E-state index in [2.05, 4.69) is 4.90 Å². The number of nitrogens with zero attached hydrogens (tertiary/aromatic N) is 2. The number of rotatable bonds is 7. The lowest BCUT2D eigenvalue weighted by Gasteiger charge is -2.31. The Morgan fingerprint density at radius 1 is 1.30 bits per heavy atom. The van der Waals surface area contributed by atoms with Crippen LogP contribution in [0.5, 0.6) is 0 Å². The fraction of sp³-hybridized carbons (Fsp3) is 0.467. The van der Waals surface area contributed by atoms with Crippen LogP contribution in [0.3, 0.4) is 0 Å². The van der Waals surface area contributed by atoms with Gasteiger partial charge < -0.3 is 10.6 Å². The molecule has 0 heterocycles. The van der Waals surface area contributed by atoms with Crippen molar-refractivity contribution in [1.82, 2.24) is 9.80 Å². The highest BCUT2D eigenvalue weighted by Crippen LogP contribution is 2.24. The second-order valence-corrected chi connectivity index (χ2v) is 5.47. The van der Waals surface area contributed by atoms with E-state index in [1.54, 1.807) is 19.0 Å². The lowest BCUT2D eigenvalue weighted by atomic mass is 10.0. The minimum absolute atomic E-state index is 0.0441. The zero-order valence-corrected chi connectivity index (χ0v) is 13.2. The Hall–Kier alpha value is -1.46. The molecular weight excluding hydrogens is 270 g/mol. The predicted octanol–water partition coefficient (Wildman–Crippen LogP) is 1.81. The summed E-state index contributed by atoms with van der Waals surface area (Å²) >= 11 is 5.06. The second kappa shape index (κ2) is 7.97. The Bertz CT molecular complexity index is 448. The molecule has 0 saturated carbocycles. The summed E-state index contributed by atoms with van der Waals surface area (Å²) in [5.74, 6) is 0.0794. The third-order valence-corrected chi connectivity index (χ3v) is 3.43. The average molecular weight is 293 g/mol. The van der Waals surface area contributed by atoms with Gasteiger partial charge in [0.15, 0.2) is 0 Å². The Kier molecular flexibility index (Phi) is 6.61. The molecule has 0 aliphatic carbocycles. The third-order valence-electron chi connectivity index (χ3n) is 3.26. The van der Waals surface area contributed by atoms with Crippen LogP contribution in [0.1, 0.15) is 24.9 Å². The molecule has 1 unspecified atom stereocenters. The average Bonchev–Trinajstić information content (AvgIpc) is 2.42. The fourth-order valence-corrected chi connectivity index (χ4v) is 2.24. The summed E-state index contributed by atoms with van der Waals surface area (Å²) in [5, 5.41) is 0. The molecule has 1 aromatic rings. The molecule has 1 atom stereocenters. The van der Waals surface area contributed by atoms with Crippen molar-refractivity contribution in [3.8, 4) is 0 Å². The summed E-state index contributed by atoms with van der Waals surface area (Å²) in [6.45, 7) is 3.17. The molecule has 1 amide bonds. The standard InChI is InChI=1S/C15H23N3OS/c1-4-18(11-15(19)17(2)3)13(10-14(16)20)12-8-6-5-7-9-12/h5-9,13H,4,10-11H2,1-3H3,(H2,16,20). The lowest BCUT2D eigenvalue weighted by Crippen LogP contribution is -2.39. The highest BCUT2D eigenvalue weighted by atomic mass is 32.1. The van der Waals surface area contributed by atoms with Crippen LogP contribution in [0.4, 0.5) is 0 Å². The van der Waals surface area contributed by atoms with Crippen LogP contribution < -0.4 is 5.73 Å². The zero-order valence-electron chi connectivity index (χ0n) is 12.4. The van der Waals surface area contributed by atoms with Gasteiger partial charge in [-0.15, -0.1) is 0 Å². The van der Waals surface area contributed by atoms with Gasteiger partial charge in [-0.1, -0.05) is 49.5 Å². The number of thiocarbonyl (C=S) groups is 1. The van der Waals surface area contributed by atoms with Crippen LogP contribution >= 0.6 is 12.2 Å². The molecule has 0 bridgehead atoms. The van der Waals surface area contributed by atoms with Crippen molar-refractivity contribution in [2.24, 2.45) is 5.73 Å². The van der Waals surface area contributed by atoms with E-state index in [-0.39, 0.29) is 11.9 Å². The molecule has 0 saturated heterocycles. The topological polar surface area (TPSA) is 49.6 Å². The van der Waals surface area contributed by atoms with Crippen LogP contribution in [0.25, 0.3) is 0 Å². The largest absolute Gasteiger partial charge is 0.393 e. The molecule has 0 fully saturated rings. The number of likely N-dealkylation sites (N-methyl/N-ethyl adjacent to an activating group) is 2. The first-order valence-electron chi connectivity index (χ1n) is 6.73. The number of nitrogens with two attached hydrogens (primary N) is 1. The number of amides is 1. The van der Waals surface area contributed by atoms with Gasteiger partial charge in [0, 0.05) is 26.6 Å². The Morgan fingerprint density at radius 2 is 1.90 bits per heavy atom. The van der Waals surface area contributed by atoms with E-state index < -0.39 is 0 Å². The van der Waals surface area contributed by atoms with Crippen LogP contribution in [0, 0.1) is 0 Å². The second-order valence-electron chi connectivity index (χ2n) is 4.95. The van der Waals surface area contributed by atoms with Gasteiger partial charge in [-0.25, -0.2) is 0 Å². The summed E-state index contributed by atoms with van der Waals surface area (Å²) in [7, 11) is 3.53. The number of benzene rings is 1. The van der Waals surface area contributed by atoms with E-state index in [4.69, 9.17) is 18.0 Å². The molecule has 4 nitrogen and oxygen atoms in total. The molecule has 110 valence electrons. The Morgan fingerprint density at radius 3 is 2.35 bits per heavy atom. The maximum Gasteiger partial charge on any atom is 0.236 e. The van der Waals surface area contributed by atoms with Gasteiger partial charge in [0.2, 0.25) is 5.91 Å². The van der Waals surface area contributed by atoms with Crippen LogP contribution in [0.2, 0.25) is 0 Å². The fourth-order valence-electron chi connectivity index (χ4n) is 2.08. The minimum Gasteiger partial charge on any atom is -0.393 e. The number of hydrogen-bond acceptors (Lipinski definition) is 3. The van der Waals surface area contributed by atoms with Gasteiger partial charge in [0.1, 0.15) is 0 Å². The quantitative estimate of drug-likeness (QED) is 0.779. The van der Waals surface area contributed by atoms with Gasteiger partial charge >= 0.3 is 0 Å². The van der Waals surface area contributed by atoms with Gasteiger partial charge in [-0.3, -0.25) is 9.69 Å². The van der Waals surface area contributed by atoms with Crippen molar-refractivity contribution in [2.45, 2.75) is 19.4 Å². The molecule has 2 N–H and O–H groups in total. The number of carbonyl (C=O) groups excluding carboxylic acids is 1. The van der Waals surface area contributed by atoms with Gasteiger partial charge in [-0.05, 0) is 12.1 Å². The first kappa shape index (κ1) is 16.6. The van der Waals surface area contributed by atoms with Gasteiger partial charge in [0.05, 0.1) is 11.5 Å². The van der Waals surface area contributed by atoms with E-state index in [1.165, 1.54) is 0 Å². The van der Waals surface area contributed by atoms with E-state index in [1.807, 2.05) is 37.3 Å². The van der Waals surface area contributed by atoms with E-state index in [9.17, 15) is 4.79 Å². The third kappa shape index (κ3) is 4.90. The van der Waals surface area contributed by atoms with E-state index in [0.29, 0.717) is 18.0 Å². The molecule has 0 radical (unpaired) electrons. The first-order chi connectivity index (χ1) is 9.45. The molecule has 5 heteroatoms. The molecule has 1 aromatic carbocycles. The summed E-state index contributed by atoms with van der Waals surface area (Å²) in [6.07, 6.45) is 0.577. The molecule has 0 aliphatic rings. The number of hydrogen-bond donors (Lipinski definition) is 1. The number of carbonyl (C=O) groups is 1. The van der Waals surface area contributed by atoms with Crippen LogP contribution in [-0.4, -0.2) is 47.9 Å². The van der Waals surface area contributed by atoms with Gasteiger partial charge in [-0.2, -0.15) is 0 Å². The molecule has 0 aromatic heterocycles. The summed E-state index contributed by atoms with van der Waals surface area (Å²) < 4.78 is 0. The van der Waals surface area contributed by atoms with Crippen LogP contribution in [0.15, 0.2) is 30.3 Å². The maximum absolute atomic E-state index is 12.0. The first-order valence-corrected chi connectivity index (χ1v) is 7.14. The summed E-state index contributed by atoms with van der Waals surface area (Å²) in [4.78, 5) is 16.1. The molecule has 0 spiro atoms. The summed E-state index contributed by atoms with van der Waals surface area (Å²) in [5.41, 5.74) is 6.86. The smallest absolute Gasteiger partial charge is 0.236 e. The monoisotopic (exact) mass is 293 g/mol. The van der Waals surface area contributed by atoms with Crippen LogP contribution in [-0.2, 0) is 4.79 Å². The van der Waals surface area contributed by atoms with E-state index in [0.717, 1.165) is 12.1 Å². The predicted molar refractivity (Wildman–Crippen MR) is 86.5 cm³/mol. The highest BCUT2D eigenvalue weighted by molar-refractivity contribution is 7.80. The maximum atomic E-state index is 12.0. The normalized spacial score (nSPS) is 12.2. The van der Waals surface area contributed by atoms with Gasteiger partial charge in [0.25, 0.3) is 0 Å². The van der Waals surface area contributed by atoms with Crippen molar-refractivity contribution in [2.75, 3.05) is 27.2 Å². The van der Waals surface area contributed by atoms with Crippen molar-refractivity contribution in [3.63, 3.8) is 0 Å². The SMILES string of the molecule is CCN(CC(=O)N(C)C)C(CC(N)=S)c1ccccc1. The molecular formula is C15H23N3OS. The van der Waals surface area contributed by atoms with Crippen molar-refractivity contribution in [3.05, 3.63) is 35.9 Å². The van der Waals surface area contributed by atoms with Crippen molar-refractivity contribution in [1.29, 1.82) is 0 Å². The molecule has 1 rings (SSSR count). The minimum atomic E-state index is 0.0441. The van der Waals surface area contributed by atoms with E-state index >= 15 is 0 Å². The highest BCUT2D eigenvalue weighted by Gasteiger charge is 2.22. The Balaban J connectivity index is 2.95. The summed E-state index contributed by atoms with van der Waals surface area (Å²) in [6, 6.07) is 10.1. The van der Waals surface area contributed by atoms with Crippen molar-refractivity contribution < 1.29 is 4.79 Å². The van der Waals surface area contributed by atoms with Crippen molar-refractivity contribution >= 4 is 23.1 Å². The lowest BCUT2D eigenvalue weighted by molar-refractivity contribution is -0.130. The zero-order chi connectivity index (χ0) is 15.1. The molecule has 20 heavy (non-hydrogen) atoms.